The molecule has 0 N–H and O–H groups in total. The second kappa shape index (κ2) is 6.66. The molecule has 134 valence electrons. The van der Waals surface area contributed by atoms with Gasteiger partial charge in [-0.2, -0.15) is 8.42 Å². The Hall–Kier alpha value is -2.10. The van der Waals surface area contributed by atoms with Crippen molar-refractivity contribution in [3.8, 4) is 11.5 Å². The van der Waals surface area contributed by atoms with Crippen molar-refractivity contribution < 1.29 is 30.5 Å². The van der Waals surface area contributed by atoms with E-state index in [-0.39, 0.29) is 28.8 Å². The SMILES string of the molecule is CS(=O)(=O)OCC1COc2ccc(S(=O)(=O)c3ccccc3)cc2O1. The summed E-state index contributed by atoms with van der Waals surface area (Å²) in [5, 5.41) is 0. The van der Waals surface area contributed by atoms with Gasteiger partial charge in [0.2, 0.25) is 9.84 Å². The van der Waals surface area contributed by atoms with Crippen molar-refractivity contribution in [2.45, 2.75) is 15.9 Å². The normalized spacial score (nSPS) is 17.2. The Morgan fingerprint density at radius 2 is 1.72 bits per heavy atom. The Morgan fingerprint density at radius 1 is 1.00 bits per heavy atom. The highest BCUT2D eigenvalue weighted by Gasteiger charge is 2.26. The summed E-state index contributed by atoms with van der Waals surface area (Å²) in [5.74, 6) is 0.618. The van der Waals surface area contributed by atoms with Crippen molar-refractivity contribution in [2.75, 3.05) is 19.5 Å². The molecule has 0 fully saturated rings. The average molecular weight is 384 g/mol. The van der Waals surface area contributed by atoms with Gasteiger partial charge in [0.15, 0.2) is 17.6 Å². The van der Waals surface area contributed by atoms with E-state index in [0.29, 0.717) is 5.75 Å². The molecule has 9 heteroatoms. The van der Waals surface area contributed by atoms with Crippen LogP contribution in [0.15, 0.2) is 58.3 Å². The molecule has 0 aromatic heterocycles. The van der Waals surface area contributed by atoms with Gasteiger partial charge in [-0.05, 0) is 24.3 Å². The molecule has 0 saturated carbocycles. The van der Waals surface area contributed by atoms with E-state index in [1.165, 1.54) is 30.3 Å². The van der Waals surface area contributed by atoms with E-state index >= 15 is 0 Å². The predicted molar refractivity (Wildman–Crippen MR) is 89.0 cm³/mol. The minimum Gasteiger partial charge on any atom is -0.486 e. The van der Waals surface area contributed by atoms with Gasteiger partial charge in [0.1, 0.15) is 13.2 Å². The van der Waals surface area contributed by atoms with E-state index in [9.17, 15) is 16.8 Å². The van der Waals surface area contributed by atoms with Crippen molar-refractivity contribution in [3.05, 3.63) is 48.5 Å². The Labute approximate surface area is 146 Å². The van der Waals surface area contributed by atoms with Crippen LogP contribution in [-0.4, -0.2) is 42.4 Å². The first kappa shape index (κ1) is 17.7. The van der Waals surface area contributed by atoms with Crippen LogP contribution >= 0.6 is 0 Å². The summed E-state index contributed by atoms with van der Waals surface area (Å²) in [6.07, 6.45) is 0.284. The number of benzene rings is 2. The zero-order valence-corrected chi connectivity index (χ0v) is 14.9. The Morgan fingerprint density at radius 3 is 2.40 bits per heavy atom. The van der Waals surface area contributed by atoms with Gasteiger partial charge in [0.05, 0.1) is 16.0 Å². The van der Waals surface area contributed by atoms with Gasteiger partial charge in [0, 0.05) is 6.07 Å². The molecule has 0 radical (unpaired) electrons. The molecule has 2 aromatic carbocycles. The van der Waals surface area contributed by atoms with Crippen molar-refractivity contribution in [2.24, 2.45) is 0 Å². The van der Waals surface area contributed by atoms with Crippen LogP contribution in [0.25, 0.3) is 0 Å². The number of sulfone groups is 1. The van der Waals surface area contributed by atoms with Crippen LogP contribution in [0.2, 0.25) is 0 Å². The molecule has 1 unspecified atom stereocenters. The molecule has 0 spiro atoms. The smallest absolute Gasteiger partial charge is 0.264 e. The first-order chi connectivity index (χ1) is 11.8. The van der Waals surface area contributed by atoms with Crippen molar-refractivity contribution in [1.82, 2.24) is 0 Å². The lowest BCUT2D eigenvalue weighted by atomic mass is 10.2. The summed E-state index contributed by atoms with van der Waals surface area (Å²) < 4.78 is 63.2. The summed E-state index contributed by atoms with van der Waals surface area (Å²) in [4.78, 5) is 0.231. The maximum atomic E-state index is 12.7. The zero-order chi connectivity index (χ0) is 18.1. The fourth-order valence-corrected chi connectivity index (χ4v) is 3.98. The van der Waals surface area contributed by atoms with Crippen LogP contribution in [0.4, 0.5) is 0 Å². The van der Waals surface area contributed by atoms with Crippen molar-refractivity contribution >= 4 is 20.0 Å². The summed E-state index contributed by atoms with van der Waals surface area (Å²) in [5.41, 5.74) is 0. The highest BCUT2D eigenvalue weighted by Crippen LogP contribution is 2.35. The quantitative estimate of drug-likeness (QED) is 0.723. The molecule has 2 aromatic rings. The Kier molecular flexibility index (Phi) is 4.72. The molecule has 0 aliphatic carbocycles. The molecule has 0 bridgehead atoms. The molecular formula is C16H16O7S2. The van der Waals surface area contributed by atoms with Gasteiger partial charge in [-0.1, -0.05) is 18.2 Å². The number of ether oxygens (including phenoxy) is 2. The number of rotatable bonds is 5. The lowest BCUT2D eigenvalue weighted by molar-refractivity contribution is 0.0555. The summed E-state index contributed by atoms with van der Waals surface area (Å²) in [6.45, 7) is -0.110. The third-order valence-electron chi connectivity index (χ3n) is 3.47. The van der Waals surface area contributed by atoms with Crippen LogP contribution in [0.5, 0.6) is 11.5 Å². The van der Waals surface area contributed by atoms with E-state index in [1.54, 1.807) is 18.2 Å². The van der Waals surface area contributed by atoms with Gasteiger partial charge < -0.3 is 9.47 Å². The highest BCUT2D eigenvalue weighted by molar-refractivity contribution is 7.91. The average Bonchev–Trinajstić information content (AvgIpc) is 2.59. The van der Waals surface area contributed by atoms with E-state index < -0.39 is 26.1 Å². The summed E-state index contributed by atoms with van der Waals surface area (Å²) in [7, 11) is -7.29. The van der Waals surface area contributed by atoms with Crippen LogP contribution in [0, 0.1) is 0 Å². The lowest BCUT2D eigenvalue weighted by Gasteiger charge is -2.26. The van der Waals surface area contributed by atoms with Crippen LogP contribution in [0.3, 0.4) is 0 Å². The lowest BCUT2D eigenvalue weighted by Crippen LogP contribution is -2.34. The minimum atomic E-state index is -3.69. The number of hydrogen-bond donors (Lipinski definition) is 0. The molecule has 3 rings (SSSR count). The molecule has 7 nitrogen and oxygen atoms in total. The number of fused-ring (bicyclic) bond motifs is 1. The van der Waals surface area contributed by atoms with Gasteiger partial charge in [-0.25, -0.2) is 8.42 Å². The van der Waals surface area contributed by atoms with E-state index in [1.807, 2.05) is 0 Å². The molecule has 0 saturated heterocycles. The number of hydrogen-bond acceptors (Lipinski definition) is 7. The second-order valence-corrected chi connectivity index (χ2v) is 9.06. The minimum absolute atomic E-state index is 0.0609. The maximum Gasteiger partial charge on any atom is 0.264 e. The van der Waals surface area contributed by atoms with Crippen LogP contribution in [0.1, 0.15) is 0 Å². The molecule has 1 heterocycles. The summed E-state index contributed by atoms with van der Waals surface area (Å²) >= 11 is 0. The molecule has 1 atom stereocenters. The third-order valence-corrected chi connectivity index (χ3v) is 5.80. The fraction of sp³-hybridized carbons (Fsp3) is 0.250. The second-order valence-electron chi connectivity index (χ2n) is 5.46. The van der Waals surface area contributed by atoms with E-state index in [0.717, 1.165) is 6.26 Å². The maximum absolute atomic E-state index is 12.7. The topological polar surface area (TPSA) is 96.0 Å². The third kappa shape index (κ3) is 4.12. The van der Waals surface area contributed by atoms with Gasteiger partial charge in [0.25, 0.3) is 10.1 Å². The molecule has 1 aliphatic heterocycles. The standard InChI is InChI=1S/C16H16O7S2/c1-24(17,18)22-11-12-10-21-15-8-7-14(9-16(15)23-12)25(19,20)13-5-3-2-4-6-13/h2-9,12H,10-11H2,1H3. The molecule has 25 heavy (non-hydrogen) atoms. The Balaban J connectivity index is 1.85. The van der Waals surface area contributed by atoms with Gasteiger partial charge in [-0.3, -0.25) is 4.18 Å². The van der Waals surface area contributed by atoms with Crippen molar-refractivity contribution in [1.29, 1.82) is 0 Å². The van der Waals surface area contributed by atoms with Gasteiger partial charge in [-0.15, -0.1) is 0 Å². The monoisotopic (exact) mass is 384 g/mol. The molecule has 1 aliphatic rings. The fourth-order valence-electron chi connectivity index (χ4n) is 2.28. The zero-order valence-electron chi connectivity index (χ0n) is 13.3. The van der Waals surface area contributed by atoms with E-state index in [2.05, 4.69) is 0 Å². The predicted octanol–water partition coefficient (Wildman–Crippen LogP) is 1.64. The summed E-state index contributed by atoms with van der Waals surface area (Å²) in [6, 6.07) is 12.4. The van der Waals surface area contributed by atoms with Crippen LogP contribution < -0.4 is 9.47 Å². The molecule has 0 amide bonds. The largest absolute Gasteiger partial charge is 0.486 e. The van der Waals surface area contributed by atoms with Crippen LogP contribution in [-0.2, 0) is 24.1 Å². The highest BCUT2D eigenvalue weighted by atomic mass is 32.2. The first-order valence-corrected chi connectivity index (χ1v) is 10.6. The first-order valence-electron chi connectivity index (χ1n) is 7.34. The van der Waals surface area contributed by atoms with E-state index in [4.69, 9.17) is 13.7 Å². The van der Waals surface area contributed by atoms with Crippen molar-refractivity contribution in [3.63, 3.8) is 0 Å². The Bertz CT molecular complexity index is 967. The van der Waals surface area contributed by atoms with Gasteiger partial charge >= 0.3 is 0 Å². The molecular weight excluding hydrogens is 368 g/mol.